The van der Waals surface area contributed by atoms with E-state index in [0.29, 0.717) is 31.7 Å². The van der Waals surface area contributed by atoms with Crippen LogP contribution < -0.4 is 0 Å². The lowest BCUT2D eigenvalue weighted by Crippen LogP contribution is -2.62. The molecule has 1 spiro atoms. The van der Waals surface area contributed by atoms with E-state index < -0.39 is 17.7 Å². The first kappa shape index (κ1) is 21.7. The Balaban J connectivity index is 1.20. The molecule has 1 aliphatic carbocycles. The molecule has 0 unspecified atom stereocenters. The van der Waals surface area contributed by atoms with Gasteiger partial charge in [0.2, 0.25) is 5.79 Å². The molecule has 3 saturated heterocycles. The van der Waals surface area contributed by atoms with Gasteiger partial charge < -0.3 is 28.4 Å². The molecule has 0 aromatic heterocycles. The molecule has 6 heteroatoms. The quantitative estimate of drug-likeness (QED) is 0.674. The highest BCUT2D eigenvalue weighted by molar-refractivity contribution is 5.26. The van der Waals surface area contributed by atoms with Crippen molar-refractivity contribution in [2.75, 3.05) is 13.2 Å². The summed E-state index contributed by atoms with van der Waals surface area (Å²) < 4.78 is 37.9. The zero-order valence-electron chi connectivity index (χ0n) is 19.4. The summed E-state index contributed by atoms with van der Waals surface area (Å²) in [7, 11) is 0. The molecule has 4 fully saturated rings. The highest BCUT2D eigenvalue weighted by Gasteiger charge is 2.64. The van der Waals surface area contributed by atoms with Gasteiger partial charge in [0.25, 0.3) is 0 Å². The summed E-state index contributed by atoms with van der Waals surface area (Å²) in [5.74, 6) is -0.922. The summed E-state index contributed by atoms with van der Waals surface area (Å²) in [5.41, 5.74) is 3.66. The van der Waals surface area contributed by atoms with Crippen molar-refractivity contribution in [2.24, 2.45) is 5.92 Å². The predicted molar refractivity (Wildman–Crippen MR) is 120 cm³/mol. The highest BCUT2D eigenvalue weighted by atomic mass is 16.9. The van der Waals surface area contributed by atoms with Crippen molar-refractivity contribution in [3.63, 3.8) is 0 Å². The molecule has 3 aliphatic heterocycles. The number of ether oxygens (including phenoxy) is 6. The normalized spacial score (nSPS) is 39.0. The molecule has 7 atom stereocenters. The van der Waals surface area contributed by atoms with Gasteiger partial charge in [-0.05, 0) is 44.2 Å². The fraction of sp³-hybridized carbons (Fsp3) is 0.556. The van der Waals surface area contributed by atoms with Crippen LogP contribution in [0.15, 0.2) is 54.6 Å². The average Bonchev–Trinajstić information content (AvgIpc) is 3.40. The Morgan fingerprint density at radius 3 is 2.48 bits per heavy atom. The molecule has 2 aromatic carbocycles. The van der Waals surface area contributed by atoms with Crippen LogP contribution in [0.3, 0.4) is 0 Å². The molecule has 0 radical (unpaired) electrons. The van der Waals surface area contributed by atoms with Crippen molar-refractivity contribution in [3.05, 3.63) is 71.3 Å². The molecule has 6 rings (SSSR count). The molecule has 0 N–H and O–H groups in total. The highest BCUT2D eigenvalue weighted by Crippen LogP contribution is 2.54. The lowest BCUT2D eigenvalue weighted by atomic mass is 9.97. The van der Waals surface area contributed by atoms with Crippen LogP contribution in [0, 0.1) is 12.8 Å². The van der Waals surface area contributed by atoms with Crippen LogP contribution in [0.4, 0.5) is 0 Å². The van der Waals surface area contributed by atoms with Gasteiger partial charge in [-0.15, -0.1) is 0 Å². The van der Waals surface area contributed by atoms with Gasteiger partial charge in [-0.3, -0.25) is 0 Å². The summed E-state index contributed by atoms with van der Waals surface area (Å²) in [6.45, 7) is 7.01. The Kier molecular flexibility index (Phi) is 5.36. The van der Waals surface area contributed by atoms with E-state index in [1.807, 2.05) is 13.8 Å². The Morgan fingerprint density at radius 2 is 1.76 bits per heavy atom. The van der Waals surface area contributed by atoms with Crippen molar-refractivity contribution in [1.82, 2.24) is 0 Å². The van der Waals surface area contributed by atoms with Crippen molar-refractivity contribution in [1.29, 1.82) is 0 Å². The second-order valence-corrected chi connectivity index (χ2v) is 10.2. The molecule has 4 aliphatic rings. The average molecular weight is 453 g/mol. The summed E-state index contributed by atoms with van der Waals surface area (Å²) in [5, 5.41) is 0. The van der Waals surface area contributed by atoms with E-state index in [2.05, 4.69) is 61.5 Å². The van der Waals surface area contributed by atoms with Crippen molar-refractivity contribution in [2.45, 2.75) is 75.9 Å². The van der Waals surface area contributed by atoms with E-state index in [4.69, 9.17) is 28.4 Å². The van der Waals surface area contributed by atoms with Crippen LogP contribution >= 0.6 is 0 Å². The van der Waals surface area contributed by atoms with Gasteiger partial charge in [-0.25, -0.2) is 0 Å². The molecule has 2 aromatic rings. The van der Waals surface area contributed by atoms with E-state index in [1.165, 1.54) is 11.1 Å². The zero-order valence-corrected chi connectivity index (χ0v) is 19.4. The summed E-state index contributed by atoms with van der Waals surface area (Å²) in [6, 6.07) is 19.0. The topological polar surface area (TPSA) is 55.4 Å². The molecule has 33 heavy (non-hydrogen) atoms. The third-order valence-corrected chi connectivity index (χ3v) is 7.20. The van der Waals surface area contributed by atoms with Gasteiger partial charge in [0.05, 0.1) is 13.2 Å². The molecule has 3 heterocycles. The second kappa shape index (κ2) is 8.15. The van der Waals surface area contributed by atoms with E-state index in [9.17, 15) is 0 Å². The van der Waals surface area contributed by atoms with E-state index in [1.54, 1.807) is 0 Å². The first-order valence-electron chi connectivity index (χ1n) is 11.9. The third-order valence-electron chi connectivity index (χ3n) is 7.20. The van der Waals surface area contributed by atoms with Crippen molar-refractivity contribution < 1.29 is 28.4 Å². The standard InChI is InChI=1S/C27H32O6/c1-17-9-11-18(12-10-17)14-28-24-23-22(15-29-27(24)16-30-26(2,3)33-27)31-25(32-23)21-13-20(21)19-7-5-4-6-8-19/h4-12,20-25H,13-16H2,1-3H3/t20-,21+,22+,23+,24-,25-,27-/m0/s1. The summed E-state index contributed by atoms with van der Waals surface area (Å²) >= 11 is 0. The molecular weight excluding hydrogens is 420 g/mol. The van der Waals surface area contributed by atoms with E-state index >= 15 is 0 Å². The Hall–Kier alpha value is -1.80. The van der Waals surface area contributed by atoms with Crippen LogP contribution in [0.2, 0.25) is 0 Å². The maximum atomic E-state index is 6.55. The number of hydrogen-bond donors (Lipinski definition) is 0. The maximum Gasteiger partial charge on any atom is 0.224 e. The second-order valence-electron chi connectivity index (χ2n) is 10.2. The zero-order chi connectivity index (χ0) is 22.6. The molecular formula is C27H32O6. The van der Waals surface area contributed by atoms with Crippen molar-refractivity contribution >= 4 is 0 Å². The predicted octanol–water partition coefficient (Wildman–Crippen LogP) is 4.30. The van der Waals surface area contributed by atoms with Gasteiger partial charge in [-0.1, -0.05) is 60.2 Å². The van der Waals surface area contributed by atoms with Crippen LogP contribution in [-0.4, -0.2) is 49.4 Å². The number of aryl methyl sites for hydroxylation is 1. The van der Waals surface area contributed by atoms with Crippen LogP contribution in [0.25, 0.3) is 0 Å². The third kappa shape index (κ3) is 4.14. The molecule has 0 bridgehead atoms. The SMILES string of the molecule is Cc1ccc(CO[C@H]2[C@@H]3O[C@@H]([C@@H]4C[C@H]4c4ccccc4)O[C@@H]3CO[C@]23COC(C)(C)O3)cc1. The van der Waals surface area contributed by atoms with E-state index in [0.717, 1.165) is 12.0 Å². The molecule has 176 valence electrons. The lowest BCUT2D eigenvalue weighted by molar-refractivity contribution is -0.336. The van der Waals surface area contributed by atoms with Gasteiger partial charge in [0.15, 0.2) is 12.1 Å². The fourth-order valence-corrected chi connectivity index (χ4v) is 5.33. The molecule has 0 amide bonds. The smallest absolute Gasteiger partial charge is 0.224 e. The van der Waals surface area contributed by atoms with Crippen LogP contribution in [0.1, 0.15) is 42.9 Å². The summed E-state index contributed by atoms with van der Waals surface area (Å²) in [6.07, 6.45) is -0.110. The van der Waals surface area contributed by atoms with Gasteiger partial charge in [0, 0.05) is 5.92 Å². The Labute approximate surface area is 195 Å². The monoisotopic (exact) mass is 452 g/mol. The van der Waals surface area contributed by atoms with Gasteiger partial charge >= 0.3 is 0 Å². The number of benzene rings is 2. The minimum atomic E-state index is -1.00. The Morgan fingerprint density at radius 1 is 0.970 bits per heavy atom. The number of rotatable bonds is 5. The first-order valence-corrected chi connectivity index (χ1v) is 11.9. The first-order chi connectivity index (χ1) is 15.9. The van der Waals surface area contributed by atoms with Crippen LogP contribution in [-0.2, 0) is 35.0 Å². The lowest BCUT2D eigenvalue weighted by Gasteiger charge is -2.43. The largest absolute Gasteiger partial charge is 0.365 e. The molecule has 1 saturated carbocycles. The maximum absolute atomic E-state index is 6.55. The van der Waals surface area contributed by atoms with Gasteiger partial charge in [0.1, 0.15) is 24.9 Å². The molecule has 6 nitrogen and oxygen atoms in total. The Bertz CT molecular complexity index is 976. The minimum absolute atomic E-state index is 0.187. The van der Waals surface area contributed by atoms with Crippen LogP contribution in [0.5, 0.6) is 0 Å². The number of fused-ring (bicyclic) bond motifs is 1. The summed E-state index contributed by atoms with van der Waals surface area (Å²) in [4.78, 5) is 0. The number of hydrogen-bond acceptors (Lipinski definition) is 6. The minimum Gasteiger partial charge on any atom is -0.365 e. The van der Waals surface area contributed by atoms with Crippen molar-refractivity contribution in [3.8, 4) is 0 Å². The van der Waals surface area contributed by atoms with E-state index in [-0.39, 0.29) is 18.5 Å². The van der Waals surface area contributed by atoms with Gasteiger partial charge in [-0.2, -0.15) is 0 Å². The fourth-order valence-electron chi connectivity index (χ4n) is 5.33.